The first kappa shape index (κ1) is 14.0. The predicted octanol–water partition coefficient (Wildman–Crippen LogP) is 3.49. The molecule has 1 heterocycles. The van der Waals surface area contributed by atoms with E-state index in [0.717, 1.165) is 5.56 Å². The third-order valence-corrected chi connectivity index (χ3v) is 3.23. The second kappa shape index (κ2) is 5.44. The van der Waals surface area contributed by atoms with Crippen LogP contribution in [0, 0.1) is 12.7 Å². The van der Waals surface area contributed by atoms with Crippen molar-refractivity contribution in [2.75, 3.05) is 5.32 Å². The minimum Gasteiger partial charge on any atom is -0.422 e. The van der Waals surface area contributed by atoms with Gasteiger partial charge in [-0.05, 0) is 49.4 Å². The number of hydrogen-bond acceptors (Lipinski definition) is 3. The van der Waals surface area contributed by atoms with Gasteiger partial charge in [-0.3, -0.25) is 4.79 Å². The molecule has 0 saturated heterocycles. The molecule has 0 aliphatic carbocycles. The molecule has 3 rings (SSSR count). The lowest BCUT2D eigenvalue weighted by atomic mass is 10.1. The highest BCUT2D eigenvalue weighted by molar-refractivity contribution is 6.05. The van der Waals surface area contributed by atoms with E-state index in [0.29, 0.717) is 16.7 Å². The summed E-state index contributed by atoms with van der Waals surface area (Å²) in [5.74, 6) is -0.998. The van der Waals surface area contributed by atoms with E-state index in [4.69, 9.17) is 4.42 Å². The first-order valence-electron chi connectivity index (χ1n) is 6.64. The number of halogens is 1. The lowest BCUT2D eigenvalue weighted by Crippen LogP contribution is -2.20. The van der Waals surface area contributed by atoms with E-state index in [2.05, 4.69) is 5.32 Å². The van der Waals surface area contributed by atoms with Gasteiger partial charge in [0.05, 0.1) is 0 Å². The third kappa shape index (κ3) is 2.74. The number of amides is 1. The van der Waals surface area contributed by atoms with Gasteiger partial charge >= 0.3 is 5.63 Å². The van der Waals surface area contributed by atoms with Gasteiger partial charge in [-0.25, -0.2) is 9.18 Å². The largest absolute Gasteiger partial charge is 0.422 e. The summed E-state index contributed by atoms with van der Waals surface area (Å²) in [6, 6.07) is 12.1. The molecule has 110 valence electrons. The summed E-state index contributed by atoms with van der Waals surface area (Å²) in [4.78, 5) is 24.1. The maximum atomic E-state index is 12.8. The number of aryl methyl sites for hydroxylation is 1. The number of hydrogen-bond donors (Lipinski definition) is 1. The fourth-order valence-corrected chi connectivity index (χ4v) is 2.13. The van der Waals surface area contributed by atoms with E-state index in [1.807, 2.05) is 19.1 Å². The zero-order valence-corrected chi connectivity index (χ0v) is 11.7. The number of rotatable bonds is 2. The minimum atomic E-state index is -0.712. The Bertz CT molecular complexity index is 913. The summed E-state index contributed by atoms with van der Waals surface area (Å²) in [6.45, 7) is 1.91. The molecule has 0 saturated carbocycles. The van der Waals surface area contributed by atoms with Crippen molar-refractivity contribution in [2.24, 2.45) is 0 Å². The van der Waals surface area contributed by atoms with Crippen LogP contribution in [0.15, 0.2) is 57.7 Å². The Morgan fingerprint density at radius 2 is 1.82 bits per heavy atom. The van der Waals surface area contributed by atoms with Crippen molar-refractivity contribution in [2.45, 2.75) is 6.92 Å². The molecular formula is C17H12FNO3. The Balaban J connectivity index is 1.98. The number of carbonyl (C=O) groups is 1. The van der Waals surface area contributed by atoms with Crippen LogP contribution in [0.25, 0.3) is 11.0 Å². The topological polar surface area (TPSA) is 59.3 Å². The Kier molecular flexibility index (Phi) is 3.47. The van der Waals surface area contributed by atoms with Crippen molar-refractivity contribution >= 4 is 22.6 Å². The normalized spacial score (nSPS) is 10.6. The Morgan fingerprint density at radius 3 is 2.55 bits per heavy atom. The zero-order valence-electron chi connectivity index (χ0n) is 11.7. The average molecular weight is 297 g/mol. The number of nitrogens with one attached hydrogen (secondary N) is 1. The molecule has 0 unspecified atom stereocenters. The van der Waals surface area contributed by atoms with Crippen LogP contribution in [0.2, 0.25) is 0 Å². The smallest absolute Gasteiger partial charge is 0.349 e. The summed E-state index contributed by atoms with van der Waals surface area (Å²) >= 11 is 0. The van der Waals surface area contributed by atoms with Crippen LogP contribution in [0.4, 0.5) is 10.1 Å². The Labute approximate surface area is 125 Å². The molecule has 0 atom stereocenters. The summed E-state index contributed by atoms with van der Waals surface area (Å²) in [6.07, 6.45) is 0. The van der Waals surface area contributed by atoms with Gasteiger partial charge in [0, 0.05) is 11.1 Å². The van der Waals surface area contributed by atoms with Crippen LogP contribution in [0.5, 0.6) is 0 Å². The molecule has 0 bridgehead atoms. The quantitative estimate of drug-likeness (QED) is 0.737. The van der Waals surface area contributed by atoms with Crippen LogP contribution >= 0.6 is 0 Å². The van der Waals surface area contributed by atoms with Crippen molar-refractivity contribution < 1.29 is 13.6 Å². The molecule has 0 spiro atoms. The van der Waals surface area contributed by atoms with Gasteiger partial charge < -0.3 is 9.73 Å². The highest BCUT2D eigenvalue weighted by atomic mass is 19.1. The molecule has 1 N–H and O–H groups in total. The lowest BCUT2D eigenvalue weighted by Gasteiger charge is -2.05. The number of anilines is 1. The zero-order chi connectivity index (χ0) is 15.7. The SMILES string of the molecule is Cc1ccc2oc(=O)c(C(=O)Nc3ccc(F)cc3)cc2c1. The third-order valence-electron chi connectivity index (χ3n) is 3.23. The Morgan fingerprint density at radius 1 is 1.09 bits per heavy atom. The molecule has 0 radical (unpaired) electrons. The van der Waals surface area contributed by atoms with Gasteiger partial charge in [0.25, 0.3) is 5.91 Å². The average Bonchev–Trinajstić information content (AvgIpc) is 2.49. The molecule has 0 aliphatic heterocycles. The molecular weight excluding hydrogens is 285 g/mol. The van der Waals surface area contributed by atoms with Gasteiger partial charge in [0.2, 0.25) is 0 Å². The highest BCUT2D eigenvalue weighted by Crippen LogP contribution is 2.16. The van der Waals surface area contributed by atoms with Crippen molar-refractivity contribution in [3.63, 3.8) is 0 Å². The minimum absolute atomic E-state index is 0.0950. The predicted molar refractivity (Wildman–Crippen MR) is 81.6 cm³/mol. The van der Waals surface area contributed by atoms with Crippen molar-refractivity contribution in [1.29, 1.82) is 0 Å². The van der Waals surface area contributed by atoms with Crippen LogP contribution < -0.4 is 10.9 Å². The lowest BCUT2D eigenvalue weighted by molar-refractivity contribution is 0.102. The Hall–Kier alpha value is -2.95. The molecule has 2 aromatic carbocycles. The standard InChI is InChI=1S/C17H12FNO3/c1-10-2-7-15-11(8-10)9-14(17(21)22-15)16(20)19-13-5-3-12(18)4-6-13/h2-9H,1H3,(H,19,20). The molecule has 1 aromatic heterocycles. The molecule has 5 heteroatoms. The number of fused-ring (bicyclic) bond motifs is 1. The van der Waals surface area contributed by atoms with Gasteiger partial charge in [-0.1, -0.05) is 11.6 Å². The van der Waals surface area contributed by atoms with Crippen molar-refractivity contribution in [1.82, 2.24) is 0 Å². The van der Waals surface area contributed by atoms with Gasteiger partial charge in [0.15, 0.2) is 0 Å². The highest BCUT2D eigenvalue weighted by Gasteiger charge is 2.14. The number of benzene rings is 2. The molecule has 4 nitrogen and oxygen atoms in total. The van der Waals surface area contributed by atoms with Crippen LogP contribution in [0.3, 0.4) is 0 Å². The van der Waals surface area contributed by atoms with Gasteiger partial charge in [0.1, 0.15) is 17.0 Å². The van der Waals surface area contributed by atoms with Crippen LogP contribution in [0.1, 0.15) is 15.9 Å². The van der Waals surface area contributed by atoms with Crippen LogP contribution in [-0.4, -0.2) is 5.91 Å². The molecule has 0 aliphatic rings. The summed E-state index contributed by atoms with van der Waals surface area (Å²) in [7, 11) is 0. The van der Waals surface area contributed by atoms with Crippen LogP contribution in [-0.2, 0) is 0 Å². The molecule has 0 fully saturated rings. The molecule has 3 aromatic rings. The summed E-state index contributed by atoms with van der Waals surface area (Å²) < 4.78 is 18.0. The van der Waals surface area contributed by atoms with E-state index in [1.165, 1.54) is 30.3 Å². The first-order chi connectivity index (χ1) is 10.5. The monoisotopic (exact) mass is 297 g/mol. The van der Waals surface area contributed by atoms with Gasteiger partial charge in [-0.2, -0.15) is 0 Å². The van der Waals surface area contributed by atoms with E-state index < -0.39 is 17.3 Å². The second-order valence-corrected chi connectivity index (χ2v) is 4.95. The van der Waals surface area contributed by atoms with E-state index >= 15 is 0 Å². The fourth-order valence-electron chi connectivity index (χ4n) is 2.13. The van der Waals surface area contributed by atoms with Gasteiger partial charge in [-0.15, -0.1) is 0 Å². The van der Waals surface area contributed by atoms with E-state index in [1.54, 1.807) is 6.07 Å². The maximum absolute atomic E-state index is 12.8. The maximum Gasteiger partial charge on any atom is 0.349 e. The number of carbonyl (C=O) groups excluding carboxylic acids is 1. The summed E-state index contributed by atoms with van der Waals surface area (Å²) in [5.41, 5.74) is 1.01. The first-order valence-corrected chi connectivity index (χ1v) is 6.64. The van der Waals surface area contributed by atoms with Crippen molar-refractivity contribution in [3.8, 4) is 0 Å². The second-order valence-electron chi connectivity index (χ2n) is 4.95. The van der Waals surface area contributed by atoms with E-state index in [-0.39, 0.29) is 5.56 Å². The summed E-state index contributed by atoms with van der Waals surface area (Å²) in [5, 5.41) is 3.21. The van der Waals surface area contributed by atoms with E-state index in [9.17, 15) is 14.0 Å². The molecule has 1 amide bonds. The van der Waals surface area contributed by atoms with Crippen molar-refractivity contribution in [3.05, 3.63) is 75.9 Å². The fraction of sp³-hybridized carbons (Fsp3) is 0.0588. The molecule has 22 heavy (non-hydrogen) atoms.